The van der Waals surface area contributed by atoms with E-state index in [-0.39, 0.29) is 5.97 Å². The van der Waals surface area contributed by atoms with E-state index in [4.69, 9.17) is 11.6 Å². The van der Waals surface area contributed by atoms with Crippen molar-refractivity contribution in [3.63, 3.8) is 0 Å². The van der Waals surface area contributed by atoms with Crippen LogP contribution < -0.4 is 0 Å². The zero-order valence-corrected chi connectivity index (χ0v) is 6.02. The van der Waals surface area contributed by atoms with E-state index in [9.17, 15) is 4.79 Å². The Morgan fingerprint density at radius 1 is 1.67 bits per heavy atom. The van der Waals surface area contributed by atoms with Crippen molar-refractivity contribution in [1.29, 1.82) is 0 Å². The molecule has 0 bridgehead atoms. The summed E-state index contributed by atoms with van der Waals surface area (Å²) in [4.78, 5) is 10.4. The lowest BCUT2D eigenvalue weighted by molar-refractivity contribution is -0.139. The van der Waals surface area contributed by atoms with Crippen molar-refractivity contribution in [3.05, 3.63) is 12.2 Å². The number of hydrogen-bond acceptors (Lipinski definition) is 2. The zero-order chi connectivity index (χ0) is 7.11. The van der Waals surface area contributed by atoms with Gasteiger partial charge in [-0.3, -0.25) is 4.79 Å². The lowest BCUT2D eigenvalue weighted by Gasteiger charge is -1.90. The summed E-state index contributed by atoms with van der Waals surface area (Å²) in [7, 11) is 1.36. The van der Waals surface area contributed by atoms with Crippen LogP contribution in [0.1, 0.15) is 6.42 Å². The molecule has 0 aliphatic carbocycles. The molecule has 0 spiro atoms. The fourth-order valence-electron chi connectivity index (χ4n) is 0.326. The number of hydrogen-bond donors (Lipinski definition) is 0. The van der Waals surface area contributed by atoms with Crippen LogP contribution in [-0.4, -0.2) is 19.0 Å². The number of carbonyl (C=O) groups is 1. The molecule has 0 fully saturated rings. The first-order valence-corrected chi connectivity index (χ1v) is 3.12. The molecule has 0 unspecified atom stereocenters. The molecular weight excluding hydrogens is 140 g/mol. The summed E-state index contributed by atoms with van der Waals surface area (Å²) in [5.74, 6) is 0.202. The summed E-state index contributed by atoms with van der Waals surface area (Å²) >= 11 is 5.29. The Labute approximate surface area is 59.5 Å². The van der Waals surface area contributed by atoms with Crippen molar-refractivity contribution < 1.29 is 9.53 Å². The van der Waals surface area contributed by atoms with Gasteiger partial charge in [0.25, 0.3) is 0 Å². The third kappa shape index (κ3) is 5.37. The van der Waals surface area contributed by atoms with E-state index >= 15 is 0 Å². The van der Waals surface area contributed by atoms with Crippen molar-refractivity contribution in [3.8, 4) is 0 Å². The van der Waals surface area contributed by atoms with Gasteiger partial charge in [-0.1, -0.05) is 12.2 Å². The molecule has 0 aromatic rings. The molecule has 9 heavy (non-hydrogen) atoms. The number of alkyl halides is 1. The fraction of sp³-hybridized carbons (Fsp3) is 0.500. The number of methoxy groups -OCH3 is 1. The summed E-state index contributed by atoms with van der Waals surface area (Å²) < 4.78 is 4.36. The van der Waals surface area contributed by atoms with E-state index in [1.165, 1.54) is 7.11 Å². The Bertz CT molecular complexity index is 110. The second kappa shape index (κ2) is 5.63. The highest BCUT2D eigenvalue weighted by molar-refractivity contribution is 6.18. The minimum absolute atomic E-state index is 0.239. The van der Waals surface area contributed by atoms with Crippen LogP contribution in [0.5, 0.6) is 0 Å². The highest BCUT2D eigenvalue weighted by atomic mass is 35.5. The Morgan fingerprint density at radius 2 is 2.33 bits per heavy atom. The number of carbonyl (C=O) groups excluding carboxylic acids is 1. The van der Waals surface area contributed by atoms with Gasteiger partial charge in [0, 0.05) is 5.88 Å². The second-order valence-electron chi connectivity index (χ2n) is 1.41. The van der Waals surface area contributed by atoms with Gasteiger partial charge in [-0.15, -0.1) is 11.6 Å². The predicted molar refractivity (Wildman–Crippen MR) is 36.5 cm³/mol. The van der Waals surface area contributed by atoms with E-state index < -0.39 is 0 Å². The van der Waals surface area contributed by atoms with Gasteiger partial charge in [-0.25, -0.2) is 0 Å². The Kier molecular flexibility index (Phi) is 5.32. The van der Waals surface area contributed by atoms with Gasteiger partial charge < -0.3 is 4.74 Å². The van der Waals surface area contributed by atoms with Gasteiger partial charge in [-0.2, -0.15) is 0 Å². The third-order valence-corrected chi connectivity index (χ3v) is 0.946. The van der Waals surface area contributed by atoms with Crippen molar-refractivity contribution in [1.82, 2.24) is 0 Å². The van der Waals surface area contributed by atoms with Gasteiger partial charge in [-0.05, 0) is 0 Å². The van der Waals surface area contributed by atoms with E-state index in [1.807, 2.05) is 0 Å². The first kappa shape index (κ1) is 8.50. The van der Waals surface area contributed by atoms with Crippen LogP contribution in [0.3, 0.4) is 0 Å². The van der Waals surface area contributed by atoms with Gasteiger partial charge in [0.05, 0.1) is 13.5 Å². The van der Waals surface area contributed by atoms with Crippen molar-refractivity contribution in [2.45, 2.75) is 6.42 Å². The lowest BCUT2D eigenvalue weighted by atomic mass is 10.4. The summed E-state index contributed by atoms with van der Waals surface area (Å²) in [6.07, 6.45) is 3.69. The average molecular weight is 149 g/mol. The molecule has 0 atom stereocenters. The van der Waals surface area contributed by atoms with E-state index in [0.29, 0.717) is 12.3 Å². The maximum atomic E-state index is 10.4. The third-order valence-electron chi connectivity index (χ3n) is 0.768. The molecule has 0 aliphatic rings. The second-order valence-corrected chi connectivity index (χ2v) is 1.71. The molecule has 0 amide bonds. The Balaban J connectivity index is 3.26. The van der Waals surface area contributed by atoms with Crippen molar-refractivity contribution >= 4 is 17.6 Å². The quantitative estimate of drug-likeness (QED) is 0.343. The maximum Gasteiger partial charge on any atom is 0.309 e. The molecule has 0 aromatic carbocycles. The minimum atomic E-state index is -0.239. The van der Waals surface area contributed by atoms with Gasteiger partial charge in [0.2, 0.25) is 0 Å². The van der Waals surface area contributed by atoms with Crippen LogP contribution in [-0.2, 0) is 9.53 Å². The van der Waals surface area contributed by atoms with Crippen molar-refractivity contribution in [2.75, 3.05) is 13.0 Å². The monoisotopic (exact) mass is 148 g/mol. The molecule has 0 saturated heterocycles. The SMILES string of the molecule is COC(=O)C/C=C/CCl. The largest absolute Gasteiger partial charge is 0.469 e. The summed E-state index contributed by atoms with van der Waals surface area (Å²) in [5.41, 5.74) is 0. The molecule has 0 rings (SSSR count). The minimum Gasteiger partial charge on any atom is -0.469 e. The first-order chi connectivity index (χ1) is 4.31. The molecule has 3 heteroatoms. The topological polar surface area (TPSA) is 26.3 Å². The number of ether oxygens (including phenoxy) is 1. The van der Waals surface area contributed by atoms with Crippen LogP contribution >= 0.6 is 11.6 Å². The molecule has 2 nitrogen and oxygen atoms in total. The smallest absolute Gasteiger partial charge is 0.309 e. The fourth-order valence-corrected chi connectivity index (χ4v) is 0.452. The Morgan fingerprint density at radius 3 is 2.78 bits per heavy atom. The number of halogens is 1. The summed E-state index contributed by atoms with van der Waals surface area (Å²) in [6, 6.07) is 0. The van der Waals surface area contributed by atoms with Gasteiger partial charge >= 0.3 is 5.97 Å². The predicted octanol–water partition coefficient (Wildman–Crippen LogP) is 1.34. The lowest BCUT2D eigenvalue weighted by Crippen LogP contribution is -1.96. The zero-order valence-electron chi connectivity index (χ0n) is 5.26. The molecule has 0 heterocycles. The maximum absolute atomic E-state index is 10.4. The molecule has 0 aromatic heterocycles. The van der Waals surface area contributed by atoms with Crippen LogP contribution in [0.25, 0.3) is 0 Å². The van der Waals surface area contributed by atoms with Crippen LogP contribution in [0, 0.1) is 0 Å². The first-order valence-electron chi connectivity index (χ1n) is 2.59. The molecular formula is C6H9ClO2. The van der Waals surface area contributed by atoms with E-state index in [0.717, 1.165) is 0 Å². The molecule has 52 valence electrons. The highest BCUT2D eigenvalue weighted by Crippen LogP contribution is 1.86. The molecule has 0 radical (unpaired) electrons. The number of rotatable bonds is 3. The number of allylic oxidation sites excluding steroid dienone is 1. The van der Waals surface area contributed by atoms with Gasteiger partial charge in [0.1, 0.15) is 0 Å². The Hall–Kier alpha value is -0.500. The normalized spacial score (nSPS) is 10.0. The average Bonchev–Trinajstić information content (AvgIpc) is 1.89. The van der Waals surface area contributed by atoms with Gasteiger partial charge in [0.15, 0.2) is 0 Å². The molecule has 0 saturated carbocycles. The molecule has 0 aliphatic heterocycles. The summed E-state index contributed by atoms with van der Waals surface area (Å²) in [5, 5.41) is 0. The van der Waals surface area contributed by atoms with E-state index in [1.54, 1.807) is 12.2 Å². The standard InChI is InChI=1S/C6H9ClO2/c1-9-6(8)4-2-3-5-7/h2-3H,4-5H2,1H3/b3-2+. The summed E-state index contributed by atoms with van der Waals surface area (Å²) in [6.45, 7) is 0. The van der Waals surface area contributed by atoms with E-state index in [2.05, 4.69) is 4.74 Å². The van der Waals surface area contributed by atoms with Crippen LogP contribution in [0.4, 0.5) is 0 Å². The van der Waals surface area contributed by atoms with Crippen LogP contribution in [0.15, 0.2) is 12.2 Å². The highest BCUT2D eigenvalue weighted by Gasteiger charge is 1.91. The van der Waals surface area contributed by atoms with Crippen molar-refractivity contribution in [2.24, 2.45) is 0 Å². The van der Waals surface area contributed by atoms with Crippen LogP contribution in [0.2, 0.25) is 0 Å². The molecule has 0 N–H and O–H groups in total. The number of esters is 1.